The quantitative estimate of drug-likeness (QED) is 0.896. The average Bonchev–Trinajstić information content (AvgIpc) is 2.47. The highest BCUT2D eigenvalue weighted by atomic mass is 35.5. The van der Waals surface area contributed by atoms with Gasteiger partial charge in [-0.05, 0) is 30.7 Å². The molecule has 1 aromatic heterocycles. The van der Waals surface area contributed by atoms with Crippen LogP contribution in [0.3, 0.4) is 0 Å². The van der Waals surface area contributed by atoms with Gasteiger partial charge in [-0.25, -0.2) is 4.98 Å². The molecule has 2 rings (SSSR count). The fourth-order valence-electron chi connectivity index (χ4n) is 2.80. The van der Waals surface area contributed by atoms with Crippen molar-refractivity contribution in [3.8, 4) is 0 Å². The lowest BCUT2D eigenvalue weighted by Crippen LogP contribution is -2.31. The molecule has 1 amide bonds. The molecule has 0 aromatic carbocycles. The summed E-state index contributed by atoms with van der Waals surface area (Å²) in [5.74, 6) is 1.60. The summed E-state index contributed by atoms with van der Waals surface area (Å²) in [7, 11) is 0. The number of pyridine rings is 1. The van der Waals surface area contributed by atoms with Crippen molar-refractivity contribution in [2.24, 2.45) is 11.8 Å². The molecular weight excluding hydrogens is 274 g/mol. The molecule has 0 aliphatic heterocycles. The van der Waals surface area contributed by atoms with Gasteiger partial charge in [0.1, 0.15) is 5.82 Å². The first-order valence-electron chi connectivity index (χ1n) is 7.29. The molecule has 0 spiro atoms. The van der Waals surface area contributed by atoms with Gasteiger partial charge in [0.05, 0.1) is 10.6 Å². The van der Waals surface area contributed by atoms with Crippen molar-refractivity contribution in [3.05, 3.63) is 22.8 Å². The van der Waals surface area contributed by atoms with Gasteiger partial charge in [-0.1, -0.05) is 37.8 Å². The number of nitrogens with one attached hydrogen (secondary N) is 1. The van der Waals surface area contributed by atoms with E-state index in [2.05, 4.69) is 17.2 Å². The Morgan fingerprint density at radius 2 is 2.05 bits per heavy atom. The van der Waals surface area contributed by atoms with E-state index in [1.807, 2.05) is 0 Å². The summed E-state index contributed by atoms with van der Waals surface area (Å²) in [6.45, 7) is 2.97. The van der Waals surface area contributed by atoms with Crippen LogP contribution in [0.5, 0.6) is 0 Å². The summed E-state index contributed by atoms with van der Waals surface area (Å²) in [4.78, 5) is 16.0. The van der Waals surface area contributed by atoms with Gasteiger partial charge in [0.25, 0.3) is 5.91 Å². The Labute approximate surface area is 125 Å². The predicted octanol–water partition coefficient (Wildman–Crippen LogP) is 3.26. The first-order chi connectivity index (χ1) is 9.60. The summed E-state index contributed by atoms with van der Waals surface area (Å²) >= 11 is 5.97. The number of nitrogen functional groups attached to an aromatic ring is 1. The number of hydrogen-bond acceptors (Lipinski definition) is 3. The van der Waals surface area contributed by atoms with Crippen molar-refractivity contribution >= 4 is 23.3 Å². The number of rotatable bonds is 4. The minimum Gasteiger partial charge on any atom is -0.384 e. The lowest BCUT2D eigenvalue weighted by atomic mass is 9.81. The number of halogens is 1. The van der Waals surface area contributed by atoms with Gasteiger partial charge in [0, 0.05) is 12.7 Å². The van der Waals surface area contributed by atoms with Crippen molar-refractivity contribution in [3.63, 3.8) is 0 Å². The van der Waals surface area contributed by atoms with Crippen LogP contribution in [-0.4, -0.2) is 17.4 Å². The summed E-state index contributed by atoms with van der Waals surface area (Å²) in [6, 6.07) is 1.52. The molecule has 3 N–H and O–H groups in total. The number of carbonyl (C=O) groups excluding carboxylic acids is 1. The molecule has 1 aliphatic rings. The molecule has 0 radical (unpaired) electrons. The Hall–Kier alpha value is -1.29. The maximum absolute atomic E-state index is 12.1. The van der Waals surface area contributed by atoms with E-state index >= 15 is 0 Å². The predicted molar refractivity (Wildman–Crippen MR) is 81.7 cm³/mol. The number of carbonyl (C=O) groups is 1. The molecule has 20 heavy (non-hydrogen) atoms. The molecule has 110 valence electrons. The van der Waals surface area contributed by atoms with E-state index in [0.717, 1.165) is 5.92 Å². The molecular formula is C15H22ClN3O. The van der Waals surface area contributed by atoms with Crippen molar-refractivity contribution in [2.45, 2.75) is 39.0 Å². The highest BCUT2D eigenvalue weighted by Crippen LogP contribution is 2.30. The third-order valence-electron chi connectivity index (χ3n) is 4.22. The van der Waals surface area contributed by atoms with E-state index in [1.165, 1.54) is 44.4 Å². The maximum Gasteiger partial charge on any atom is 0.252 e. The van der Waals surface area contributed by atoms with E-state index < -0.39 is 0 Å². The second-order valence-corrected chi connectivity index (χ2v) is 6.00. The number of nitrogens with two attached hydrogens (primary N) is 1. The van der Waals surface area contributed by atoms with Crippen molar-refractivity contribution in [1.82, 2.24) is 10.3 Å². The SMILES string of the molecule is CCC1CCC(CNC(=O)c2cc(N)ncc2Cl)CC1. The van der Waals surface area contributed by atoms with Crippen molar-refractivity contribution < 1.29 is 4.79 Å². The molecule has 0 saturated heterocycles. The summed E-state index contributed by atoms with van der Waals surface area (Å²) in [5.41, 5.74) is 5.99. The minimum atomic E-state index is -0.165. The minimum absolute atomic E-state index is 0.165. The molecule has 0 atom stereocenters. The molecule has 1 saturated carbocycles. The van der Waals surface area contributed by atoms with Gasteiger partial charge in [0.15, 0.2) is 0 Å². The Morgan fingerprint density at radius 3 is 2.70 bits per heavy atom. The second kappa shape index (κ2) is 6.93. The topological polar surface area (TPSA) is 68.0 Å². The fraction of sp³-hybridized carbons (Fsp3) is 0.600. The number of aromatic nitrogens is 1. The largest absolute Gasteiger partial charge is 0.384 e. The van der Waals surface area contributed by atoms with Gasteiger partial charge in [-0.15, -0.1) is 0 Å². The zero-order chi connectivity index (χ0) is 14.5. The molecule has 1 fully saturated rings. The van der Waals surface area contributed by atoms with Crippen LogP contribution >= 0.6 is 11.6 Å². The van der Waals surface area contributed by atoms with E-state index in [0.29, 0.717) is 28.9 Å². The van der Waals surface area contributed by atoms with Gasteiger partial charge in [-0.2, -0.15) is 0 Å². The first-order valence-corrected chi connectivity index (χ1v) is 7.67. The lowest BCUT2D eigenvalue weighted by Gasteiger charge is -2.27. The molecule has 1 heterocycles. The van der Waals surface area contributed by atoms with Crippen LogP contribution in [0, 0.1) is 11.8 Å². The lowest BCUT2D eigenvalue weighted by molar-refractivity contribution is 0.0941. The van der Waals surface area contributed by atoms with Crippen LogP contribution in [-0.2, 0) is 0 Å². The first kappa shape index (κ1) is 15.1. The zero-order valence-corrected chi connectivity index (χ0v) is 12.6. The molecule has 0 bridgehead atoms. The number of hydrogen-bond donors (Lipinski definition) is 2. The molecule has 0 unspecified atom stereocenters. The van der Waals surface area contributed by atoms with Crippen LogP contribution in [0.15, 0.2) is 12.3 Å². The monoisotopic (exact) mass is 295 g/mol. The number of amides is 1. The highest BCUT2D eigenvalue weighted by Gasteiger charge is 2.21. The maximum atomic E-state index is 12.1. The van der Waals surface area contributed by atoms with Gasteiger partial charge in [0.2, 0.25) is 0 Å². The van der Waals surface area contributed by atoms with Gasteiger partial charge in [-0.3, -0.25) is 4.79 Å². The summed E-state index contributed by atoms with van der Waals surface area (Å²) in [5, 5.41) is 3.30. The Morgan fingerprint density at radius 1 is 1.40 bits per heavy atom. The summed E-state index contributed by atoms with van der Waals surface area (Å²) < 4.78 is 0. The van der Waals surface area contributed by atoms with Crippen LogP contribution in [0.1, 0.15) is 49.4 Å². The normalized spacial score (nSPS) is 22.5. The van der Waals surface area contributed by atoms with Crippen LogP contribution < -0.4 is 11.1 Å². The molecule has 5 heteroatoms. The van der Waals surface area contributed by atoms with Crippen LogP contribution in [0.25, 0.3) is 0 Å². The molecule has 1 aliphatic carbocycles. The standard InChI is InChI=1S/C15H22ClN3O/c1-2-10-3-5-11(6-4-10)8-19-15(20)12-7-14(17)18-9-13(12)16/h7,9-11H,2-6,8H2,1H3,(H2,17,18)(H,19,20). The zero-order valence-electron chi connectivity index (χ0n) is 11.9. The second-order valence-electron chi connectivity index (χ2n) is 5.59. The van der Waals surface area contributed by atoms with Gasteiger partial charge < -0.3 is 11.1 Å². The third-order valence-corrected chi connectivity index (χ3v) is 4.52. The number of nitrogens with zero attached hydrogens (tertiary/aromatic N) is 1. The van der Waals surface area contributed by atoms with E-state index in [9.17, 15) is 4.79 Å². The Balaban J connectivity index is 1.85. The smallest absolute Gasteiger partial charge is 0.252 e. The summed E-state index contributed by atoms with van der Waals surface area (Å²) in [6.07, 6.45) is 7.64. The van der Waals surface area contributed by atoms with Crippen molar-refractivity contribution in [1.29, 1.82) is 0 Å². The number of anilines is 1. The Bertz CT molecular complexity index is 470. The van der Waals surface area contributed by atoms with Crippen LogP contribution in [0.2, 0.25) is 5.02 Å². The van der Waals surface area contributed by atoms with E-state index in [1.54, 1.807) is 0 Å². The van der Waals surface area contributed by atoms with Crippen molar-refractivity contribution in [2.75, 3.05) is 12.3 Å². The Kier molecular flexibility index (Phi) is 5.24. The average molecular weight is 296 g/mol. The van der Waals surface area contributed by atoms with Gasteiger partial charge >= 0.3 is 0 Å². The molecule has 4 nitrogen and oxygen atoms in total. The highest BCUT2D eigenvalue weighted by molar-refractivity contribution is 6.33. The fourth-order valence-corrected chi connectivity index (χ4v) is 2.99. The van der Waals surface area contributed by atoms with E-state index in [-0.39, 0.29) is 5.91 Å². The third kappa shape index (κ3) is 3.85. The van der Waals surface area contributed by atoms with E-state index in [4.69, 9.17) is 17.3 Å². The van der Waals surface area contributed by atoms with Crippen LogP contribution in [0.4, 0.5) is 5.82 Å². The molecule has 1 aromatic rings.